The normalized spacial score (nSPS) is 17.4. The molecule has 1 heterocycles. The summed E-state index contributed by atoms with van der Waals surface area (Å²) in [6, 6.07) is 9.32. The van der Waals surface area contributed by atoms with Crippen LogP contribution in [0.2, 0.25) is 10.0 Å². The first-order valence-corrected chi connectivity index (χ1v) is 13.3. The van der Waals surface area contributed by atoms with Crippen molar-refractivity contribution in [1.82, 2.24) is 5.48 Å². The van der Waals surface area contributed by atoms with E-state index in [4.69, 9.17) is 42.3 Å². The van der Waals surface area contributed by atoms with Crippen molar-refractivity contribution in [2.45, 2.75) is 83.4 Å². The number of alkyl halides is 3. The Morgan fingerprint density at radius 3 is 2.29 bits per heavy atom. The first kappa shape index (κ1) is 31.0. The molecule has 0 atom stereocenters. The topological polar surface area (TPSA) is 49.0 Å². The van der Waals surface area contributed by atoms with Crippen LogP contribution < -0.4 is 10.2 Å². The number of rotatable bonds is 10. The van der Waals surface area contributed by atoms with E-state index in [0.717, 1.165) is 11.6 Å². The van der Waals surface area contributed by atoms with E-state index in [9.17, 15) is 13.2 Å². The van der Waals surface area contributed by atoms with Crippen molar-refractivity contribution in [3.8, 4) is 5.75 Å². The fourth-order valence-electron chi connectivity index (χ4n) is 3.87. The van der Waals surface area contributed by atoms with Gasteiger partial charge in [-0.15, -0.1) is 0 Å². The predicted molar refractivity (Wildman–Crippen MR) is 143 cm³/mol. The Kier molecular flexibility index (Phi) is 10.0. The molecule has 0 radical (unpaired) electrons. The van der Waals surface area contributed by atoms with Crippen molar-refractivity contribution in [3.63, 3.8) is 0 Å². The highest BCUT2D eigenvalue weighted by molar-refractivity contribution is 6.33. The van der Waals surface area contributed by atoms with E-state index in [1.165, 1.54) is 6.07 Å². The molecule has 5 nitrogen and oxygen atoms in total. The Labute approximate surface area is 232 Å². The molecule has 0 spiro atoms. The zero-order valence-corrected chi connectivity index (χ0v) is 23.9. The van der Waals surface area contributed by atoms with Gasteiger partial charge in [-0.05, 0) is 102 Å². The van der Waals surface area contributed by atoms with Crippen molar-refractivity contribution in [2.75, 3.05) is 19.8 Å². The number of hydrogen-bond donors (Lipinski definition) is 1. The summed E-state index contributed by atoms with van der Waals surface area (Å²) >= 11 is 12.2. The zero-order valence-electron chi connectivity index (χ0n) is 22.4. The van der Waals surface area contributed by atoms with Crippen molar-refractivity contribution in [3.05, 3.63) is 63.1 Å². The first-order chi connectivity index (χ1) is 17.6. The van der Waals surface area contributed by atoms with Gasteiger partial charge < -0.3 is 14.2 Å². The van der Waals surface area contributed by atoms with Gasteiger partial charge in [-0.3, -0.25) is 4.84 Å². The van der Waals surface area contributed by atoms with Gasteiger partial charge in [0.15, 0.2) is 5.79 Å². The van der Waals surface area contributed by atoms with E-state index in [0.29, 0.717) is 54.5 Å². The minimum atomic E-state index is -4.56. The number of nitrogens with one attached hydrogen (secondary N) is 1. The number of halogens is 5. The number of hydrogen-bond acceptors (Lipinski definition) is 5. The molecule has 212 valence electrons. The average molecular weight is 578 g/mol. The maximum atomic E-state index is 13.9. The molecule has 38 heavy (non-hydrogen) atoms. The van der Waals surface area contributed by atoms with Gasteiger partial charge in [0.1, 0.15) is 5.75 Å². The first-order valence-electron chi connectivity index (χ1n) is 12.6. The third kappa shape index (κ3) is 9.28. The van der Waals surface area contributed by atoms with Gasteiger partial charge in [-0.1, -0.05) is 29.3 Å². The van der Waals surface area contributed by atoms with Crippen molar-refractivity contribution in [2.24, 2.45) is 0 Å². The molecule has 0 saturated carbocycles. The quantitative estimate of drug-likeness (QED) is 0.230. The van der Waals surface area contributed by atoms with Crippen LogP contribution in [-0.2, 0) is 33.3 Å². The van der Waals surface area contributed by atoms with E-state index in [2.05, 4.69) is 5.48 Å². The molecule has 0 aliphatic carbocycles. The van der Waals surface area contributed by atoms with Crippen LogP contribution in [0.15, 0.2) is 36.4 Å². The lowest BCUT2D eigenvalue weighted by molar-refractivity contribution is -0.291. The molecule has 1 saturated heterocycles. The highest BCUT2D eigenvalue weighted by Gasteiger charge is 2.41. The molecule has 0 amide bonds. The fourth-order valence-corrected chi connectivity index (χ4v) is 4.27. The largest absolute Gasteiger partial charge is 0.493 e. The molecule has 1 aliphatic rings. The summed E-state index contributed by atoms with van der Waals surface area (Å²) in [7, 11) is 0. The lowest BCUT2D eigenvalue weighted by atomic mass is 9.91. The van der Waals surface area contributed by atoms with Crippen LogP contribution in [-0.4, -0.2) is 36.7 Å². The van der Waals surface area contributed by atoms with Crippen LogP contribution in [0.25, 0.3) is 0 Å². The summed E-state index contributed by atoms with van der Waals surface area (Å²) in [6.07, 6.45) is -2.75. The van der Waals surface area contributed by atoms with Crippen LogP contribution in [0.3, 0.4) is 0 Å². The van der Waals surface area contributed by atoms with Gasteiger partial charge >= 0.3 is 6.18 Å². The Hall–Kier alpha value is -1.55. The number of benzene rings is 2. The SMILES string of the molecule is CC(C)(C)ONC1(CCc2ccc(OCCCc3cc(Cl)ccc3Cl)c(C(F)(F)F)c2)COC(C)(C)OC1. The van der Waals surface area contributed by atoms with Crippen LogP contribution in [0.4, 0.5) is 13.2 Å². The molecule has 1 N–H and O–H groups in total. The lowest BCUT2D eigenvalue weighted by Crippen LogP contribution is -2.60. The van der Waals surface area contributed by atoms with E-state index in [-0.39, 0.29) is 12.4 Å². The van der Waals surface area contributed by atoms with E-state index >= 15 is 0 Å². The van der Waals surface area contributed by atoms with E-state index in [1.54, 1.807) is 24.3 Å². The van der Waals surface area contributed by atoms with Crippen LogP contribution in [0.1, 0.15) is 64.2 Å². The van der Waals surface area contributed by atoms with Gasteiger partial charge in [0.05, 0.1) is 36.5 Å². The predicted octanol–water partition coefficient (Wildman–Crippen LogP) is 7.80. The molecule has 10 heteroatoms. The van der Waals surface area contributed by atoms with Gasteiger partial charge in [-0.25, -0.2) is 0 Å². The Morgan fingerprint density at radius 1 is 0.974 bits per heavy atom. The minimum Gasteiger partial charge on any atom is -0.493 e. The minimum absolute atomic E-state index is 0.104. The van der Waals surface area contributed by atoms with Crippen LogP contribution in [0.5, 0.6) is 5.75 Å². The highest BCUT2D eigenvalue weighted by atomic mass is 35.5. The second kappa shape index (κ2) is 12.3. The number of hydroxylamine groups is 1. The van der Waals surface area contributed by atoms with Gasteiger partial charge in [0.25, 0.3) is 0 Å². The van der Waals surface area contributed by atoms with Gasteiger partial charge in [0.2, 0.25) is 0 Å². The molecule has 1 aliphatic heterocycles. The molecule has 0 aromatic heterocycles. The van der Waals surface area contributed by atoms with Gasteiger partial charge in [0, 0.05) is 10.0 Å². The smallest absolute Gasteiger partial charge is 0.419 e. The summed E-state index contributed by atoms with van der Waals surface area (Å²) < 4.78 is 59.0. The third-order valence-corrected chi connectivity index (χ3v) is 6.67. The summed E-state index contributed by atoms with van der Waals surface area (Å²) in [5, 5.41) is 1.12. The summed E-state index contributed by atoms with van der Waals surface area (Å²) in [4.78, 5) is 5.80. The van der Waals surface area contributed by atoms with Crippen molar-refractivity contribution < 1.29 is 32.2 Å². The third-order valence-electron chi connectivity index (χ3n) is 6.06. The van der Waals surface area contributed by atoms with E-state index in [1.807, 2.05) is 34.6 Å². The Morgan fingerprint density at radius 2 is 1.66 bits per heavy atom. The number of aryl methyl sites for hydroxylation is 2. The summed E-state index contributed by atoms with van der Waals surface area (Å²) in [5.74, 6) is -0.943. The zero-order chi connectivity index (χ0) is 28.2. The Balaban J connectivity index is 1.67. The molecular weight excluding hydrogens is 542 g/mol. The van der Waals surface area contributed by atoms with E-state index < -0.39 is 28.7 Å². The second-order valence-corrected chi connectivity index (χ2v) is 11.9. The second-order valence-electron chi connectivity index (χ2n) is 11.1. The van der Waals surface area contributed by atoms with Crippen LogP contribution >= 0.6 is 23.2 Å². The van der Waals surface area contributed by atoms with Crippen LogP contribution in [0, 0.1) is 0 Å². The monoisotopic (exact) mass is 577 g/mol. The molecule has 2 aromatic rings. The maximum absolute atomic E-state index is 13.9. The molecule has 0 bridgehead atoms. The lowest BCUT2D eigenvalue weighted by Gasteiger charge is -2.44. The summed E-state index contributed by atoms with van der Waals surface area (Å²) in [5.41, 5.74) is 2.44. The molecule has 0 unspecified atom stereocenters. The van der Waals surface area contributed by atoms with Crippen molar-refractivity contribution >= 4 is 23.2 Å². The summed E-state index contributed by atoms with van der Waals surface area (Å²) in [6.45, 7) is 10.0. The number of ether oxygens (including phenoxy) is 3. The standard InChI is InChI=1S/C28H36Cl2F3NO4/c1-25(2,3)38-34-27(17-36-26(4,5)37-18-27)13-12-19-8-11-24(22(15-19)28(31,32)33)35-14-6-7-20-16-21(29)9-10-23(20)30/h8-11,15-16,34H,6-7,12-14,17-18H2,1-5H3. The average Bonchev–Trinajstić information content (AvgIpc) is 2.82. The molecular formula is C28H36Cl2F3NO4. The maximum Gasteiger partial charge on any atom is 0.419 e. The Bertz CT molecular complexity index is 1080. The molecule has 3 rings (SSSR count). The molecule has 2 aromatic carbocycles. The van der Waals surface area contributed by atoms with Gasteiger partial charge in [-0.2, -0.15) is 18.7 Å². The fraction of sp³-hybridized carbons (Fsp3) is 0.571. The van der Waals surface area contributed by atoms with Crippen molar-refractivity contribution in [1.29, 1.82) is 0 Å². The molecule has 1 fully saturated rings. The highest BCUT2D eigenvalue weighted by Crippen LogP contribution is 2.38.